The predicted molar refractivity (Wildman–Crippen MR) is 79.2 cm³/mol. The third-order valence-corrected chi connectivity index (χ3v) is 3.03. The van der Waals surface area contributed by atoms with E-state index in [4.69, 9.17) is 11.5 Å². The van der Waals surface area contributed by atoms with Crippen LogP contribution in [-0.2, 0) is 0 Å². The van der Waals surface area contributed by atoms with Gasteiger partial charge in [0.1, 0.15) is 0 Å². The minimum Gasteiger partial charge on any atom is -0.399 e. The second kappa shape index (κ2) is 5.02. The highest BCUT2D eigenvalue weighted by atomic mass is 16.2. The lowest BCUT2D eigenvalue weighted by Gasteiger charge is -2.18. The number of nitrogens with zero attached hydrogens (tertiary/aromatic N) is 1. The molecule has 1 amide bonds. The molecule has 2 rings (SSSR count). The summed E-state index contributed by atoms with van der Waals surface area (Å²) in [5.41, 5.74) is 14.8. The fourth-order valence-electron chi connectivity index (χ4n) is 1.84. The minimum absolute atomic E-state index is 0.152. The average Bonchev–Trinajstić information content (AvgIpc) is 2.38. The van der Waals surface area contributed by atoms with Gasteiger partial charge >= 0.3 is 0 Å². The van der Waals surface area contributed by atoms with E-state index in [1.807, 2.05) is 31.2 Å². The van der Waals surface area contributed by atoms with Crippen LogP contribution in [0, 0.1) is 6.92 Å². The minimum atomic E-state index is -0.152. The van der Waals surface area contributed by atoms with Gasteiger partial charge in [-0.05, 0) is 37.3 Å². The van der Waals surface area contributed by atoms with Gasteiger partial charge in [-0.15, -0.1) is 0 Å². The number of aryl methyl sites for hydroxylation is 1. The van der Waals surface area contributed by atoms with E-state index in [1.54, 1.807) is 30.1 Å². The van der Waals surface area contributed by atoms with Gasteiger partial charge < -0.3 is 16.4 Å². The molecule has 4 N–H and O–H groups in total. The molecule has 0 radical (unpaired) electrons. The van der Waals surface area contributed by atoms with Crippen LogP contribution in [-0.4, -0.2) is 13.0 Å². The summed E-state index contributed by atoms with van der Waals surface area (Å²) in [6.07, 6.45) is 0. The fraction of sp³-hybridized carbons (Fsp3) is 0.133. The number of amides is 1. The normalized spacial score (nSPS) is 10.2. The Morgan fingerprint density at radius 1 is 1.05 bits per heavy atom. The molecule has 2 aromatic rings. The van der Waals surface area contributed by atoms with E-state index in [0.29, 0.717) is 16.9 Å². The van der Waals surface area contributed by atoms with Crippen molar-refractivity contribution in [1.29, 1.82) is 0 Å². The maximum absolute atomic E-state index is 12.4. The van der Waals surface area contributed by atoms with E-state index in [1.165, 1.54) is 0 Å². The van der Waals surface area contributed by atoms with Gasteiger partial charge in [-0.25, -0.2) is 0 Å². The summed E-state index contributed by atoms with van der Waals surface area (Å²) in [6.45, 7) is 2.00. The van der Waals surface area contributed by atoms with E-state index in [0.717, 1.165) is 11.3 Å². The molecule has 0 aromatic heterocycles. The number of nitrogen functional groups attached to an aromatic ring is 2. The zero-order valence-corrected chi connectivity index (χ0v) is 11.1. The lowest BCUT2D eigenvalue weighted by atomic mass is 10.1. The highest BCUT2D eigenvalue weighted by Gasteiger charge is 2.16. The Labute approximate surface area is 112 Å². The van der Waals surface area contributed by atoms with Crippen LogP contribution in [0.5, 0.6) is 0 Å². The number of rotatable bonds is 2. The Balaban J connectivity index is 2.30. The Bertz CT molecular complexity index is 605. The van der Waals surface area contributed by atoms with Crippen molar-refractivity contribution >= 4 is 23.0 Å². The van der Waals surface area contributed by atoms with Gasteiger partial charge in [-0.2, -0.15) is 0 Å². The lowest BCUT2D eigenvalue weighted by molar-refractivity contribution is 0.0994. The van der Waals surface area contributed by atoms with Gasteiger partial charge in [0.05, 0.1) is 5.56 Å². The molecular formula is C15H17N3O. The van der Waals surface area contributed by atoms with Gasteiger partial charge in [-0.3, -0.25) is 4.79 Å². The third-order valence-electron chi connectivity index (χ3n) is 3.03. The molecule has 0 aliphatic carbocycles. The molecular weight excluding hydrogens is 238 g/mol. The van der Waals surface area contributed by atoms with Crippen LogP contribution in [0.3, 0.4) is 0 Å². The van der Waals surface area contributed by atoms with Crippen LogP contribution >= 0.6 is 0 Å². The van der Waals surface area contributed by atoms with Gasteiger partial charge in [0.15, 0.2) is 0 Å². The smallest absolute Gasteiger partial charge is 0.260 e. The third kappa shape index (κ3) is 2.68. The quantitative estimate of drug-likeness (QED) is 0.809. The topological polar surface area (TPSA) is 72.3 Å². The van der Waals surface area contributed by atoms with Crippen molar-refractivity contribution in [3.8, 4) is 0 Å². The first-order valence-electron chi connectivity index (χ1n) is 5.99. The maximum Gasteiger partial charge on any atom is 0.260 e. The fourth-order valence-corrected chi connectivity index (χ4v) is 1.84. The van der Waals surface area contributed by atoms with E-state index in [2.05, 4.69) is 0 Å². The van der Waals surface area contributed by atoms with Crippen molar-refractivity contribution in [2.24, 2.45) is 0 Å². The molecule has 0 bridgehead atoms. The Morgan fingerprint density at radius 3 is 2.26 bits per heavy atom. The number of benzene rings is 2. The summed E-state index contributed by atoms with van der Waals surface area (Å²) in [5, 5.41) is 0. The average molecular weight is 255 g/mol. The van der Waals surface area contributed by atoms with E-state index >= 15 is 0 Å². The van der Waals surface area contributed by atoms with E-state index in [-0.39, 0.29) is 5.91 Å². The highest BCUT2D eigenvalue weighted by molar-refractivity contribution is 6.09. The molecule has 0 atom stereocenters. The summed E-state index contributed by atoms with van der Waals surface area (Å²) in [5.74, 6) is -0.152. The molecule has 0 spiro atoms. The van der Waals surface area contributed by atoms with Gasteiger partial charge in [0.25, 0.3) is 5.91 Å². The summed E-state index contributed by atoms with van der Waals surface area (Å²) < 4.78 is 0. The second-order valence-electron chi connectivity index (χ2n) is 4.55. The molecule has 4 nitrogen and oxygen atoms in total. The molecule has 2 aromatic carbocycles. The van der Waals surface area contributed by atoms with Crippen LogP contribution in [0.25, 0.3) is 0 Å². The Kier molecular flexibility index (Phi) is 3.42. The molecule has 0 unspecified atom stereocenters. The van der Waals surface area contributed by atoms with Crippen molar-refractivity contribution in [2.75, 3.05) is 23.4 Å². The van der Waals surface area contributed by atoms with Crippen molar-refractivity contribution in [1.82, 2.24) is 0 Å². The summed E-state index contributed by atoms with van der Waals surface area (Å²) in [7, 11) is 1.72. The Morgan fingerprint density at radius 2 is 1.68 bits per heavy atom. The largest absolute Gasteiger partial charge is 0.399 e. The van der Waals surface area contributed by atoms with Crippen molar-refractivity contribution in [2.45, 2.75) is 6.92 Å². The molecule has 0 aliphatic heterocycles. The molecule has 0 fully saturated rings. The highest BCUT2D eigenvalue weighted by Crippen LogP contribution is 2.21. The monoisotopic (exact) mass is 255 g/mol. The standard InChI is InChI=1S/C15H17N3O/c1-10-3-6-12(7-4-10)18(2)15(19)13-8-5-11(16)9-14(13)17/h3-9H,16-17H2,1-2H3. The van der Waals surface area contributed by atoms with E-state index in [9.17, 15) is 4.79 Å². The second-order valence-corrected chi connectivity index (χ2v) is 4.55. The first-order chi connectivity index (χ1) is 8.99. The zero-order valence-electron chi connectivity index (χ0n) is 11.1. The summed E-state index contributed by atoms with van der Waals surface area (Å²) in [4.78, 5) is 13.9. The van der Waals surface area contributed by atoms with Crippen molar-refractivity contribution in [3.05, 3.63) is 53.6 Å². The van der Waals surface area contributed by atoms with Crippen LogP contribution in [0.2, 0.25) is 0 Å². The van der Waals surface area contributed by atoms with Gasteiger partial charge in [0.2, 0.25) is 0 Å². The molecule has 0 saturated carbocycles. The van der Waals surface area contributed by atoms with Crippen LogP contribution in [0.4, 0.5) is 17.1 Å². The summed E-state index contributed by atoms with van der Waals surface area (Å²) in [6, 6.07) is 12.7. The van der Waals surface area contributed by atoms with Crippen LogP contribution in [0.15, 0.2) is 42.5 Å². The molecule has 0 saturated heterocycles. The molecule has 0 aliphatic rings. The molecule has 0 heterocycles. The predicted octanol–water partition coefficient (Wildman–Crippen LogP) is 2.44. The number of carbonyl (C=O) groups is 1. The van der Waals surface area contributed by atoms with E-state index < -0.39 is 0 Å². The lowest BCUT2D eigenvalue weighted by Crippen LogP contribution is -2.27. The summed E-state index contributed by atoms with van der Waals surface area (Å²) >= 11 is 0. The molecule has 98 valence electrons. The first kappa shape index (κ1) is 13.0. The SMILES string of the molecule is Cc1ccc(N(C)C(=O)c2ccc(N)cc2N)cc1. The zero-order chi connectivity index (χ0) is 14.0. The maximum atomic E-state index is 12.4. The van der Waals surface area contributed by atoms with Gasteiger partial charge in [0, 0.05) is 24.1 Å². The Hall–Kier alpha value is -2.49. The van der Waals surface area contributed by atoms with Crippen LogP contribution in [0.1, 0.15) is 15.9 Å². The number of nitrogens with two attached hydrogens (primary N) is 2. The first-order valence-corrected chi connectivity index (χ1v) is 5.99. The van der Waals surface area contributed by atoms with Gasteiger partial charge in [-0.1, -0.05) is 17.7 Å². The number of hydrogen-bond donors (Lipinski definition) is 2. The number of anilines is 3. The molecule has 4 heteroatoms. The molecule has 19 heavy (non-hydrogen) atoms. The number of hydrogen-bond acceptors (Lipinski definition) is 3. The van der Waals surface area contributed by atoms with Crippen molar-refractivity contribution < 1.29 is 4.79 Å². The number of carbonyl (C=O) groups excluding carboxylic acids is 1. The van der Waals surface area contributed by atoms with Crippen LogP contribution < -0.4 is 16.4 Å². The van der Waals surface area contributed by atoms with Crippen molar-refractivity contribution in [3.63, 3.8) is 0 Å².